The summed E-state index contributed by atoms with van der Waals surface area (Å²) in [6.45, 7) is 2.82. The van der Waals surface area contributed by atoms with Crippen LogP contribution in [0.4, 0.5) is 0 Å². The molecule has 16 heavy (non-hydrogen) atoms. The highest BCUT2D eigenvalue weighted by atomic mass is 32.1. The molecule has 1 rings (SSSR count). The number of aryl methyl sites for hydroxylation is 1. The second-order valence-electron chi connectivity index (χ2n) is 3.47. The fourth-order valence-corrected chi connectivity index (χ4v) is 2.04. The summed E-state index contributed by atoms with van der Waals surface area (Å²) in [5.41, 5.74) is 0.887. The molecular formula is C10H16N2O3S. The molecule has 1 heterocycles. The van der Waals surface area contributed by atoms with E-state index in [1.165, 1.54) is 0 Å². The average Bonchev–Trinajstić information content (AvgIpc) is 2.57. The Labute approximate surface area is 97.7 Å². The molecular weight excluding hydrogens is 228 g/mol. The Morgan fingerprint density at radius 2 is 2.38 bits per heavy atom. The van der Waals surface area contributed by atoms with Gasteiger partial charge in [-0.1, -0.05) is 11.3 Å². The van der Waals surface area contributed by atoms with Crippen molar-refractivity contribution in [2.45, 2.75) is 26.3 Å². The predicted octanol–water partition coefficient (Wildman–Crippen LogP) is 0.107. The number of thiazole rings is 1. The van der Waals surface area contributed by atoms with Crippen LogP contribution in [0.1, 0.15) is 18.5 Å². The monoisotopic (exact) mass is 244 g/mol. The molecule has 1 aromatic heterocycles. The number of hydrogen-bond acceptors (Lipinski definition) is 4. The smallest absolute Gasteiger partial charge is 0.307 e. The lowest BCUT2D eigenvalue weighted by Crippen LogP contribution is -2.27. The number of rotatable bonds is 6. The van der Waals surface area contributed by atoms with Gasteiger partial charge in [-0.3, -0.25) is 9.59 Å². The second-order valence-corrected chi connectivity index (χ2v) is 4.29. The number of aromatic nitrogens is 1. The number of aliphatic hydroxyl groups is 1. The lowest BCUT2D eigenvalue weighted by molar-refractivity contribution is -0.121. The van der Waals surface area contributed by atoms with Gasteiger partial charge >= 0.3 is 4.87 Å². The quantitative estimate of drug-likeness (QED) is 0.698. The van der Waals surface area contributed by atoms with E-state index in [1.54, 1.807) is 9.95 Å². The number of carbonyl (C=O) groups is 1. The molecule has 90 valence electrons. The van der Waals surface area contributed by atoms with Gasteiger partial charge in [0.05, 0.1) is 0 Å². The molecule has 0 unspecified atom stereocenters. The molecule has 0 aliphatic rings. The van der Waals surface area contributed by atoms with Crippen LogP contribution in [-0.2, 0) is 11.3 Å². The van der Waals surface area contributed by atoms with Gasteiger partial charge in [-0.05, 0) is 13.3 Å². The summed E-state index contributed by atoms with van der Waals surface area (Å²) in [5.74, 6) is -0.0917. The first kappa shape index (κ1) is 12.9. The first-order valence-electron chi connectivity index (χ1n) is 5.17. The number of nitrogens with one attached hydrogen (secondary N) is 1. The third-order valence-corrected chi connectivity index (χ3v) is 3.08. The molecule has 1 aromatic rings. The van der Waals surface area contributed by atoms with E-state index < -0.39 is 0 Å². The third kappa shape index (κ3) is 3.79. The Balaban J connectivity index is 2.34. The fourth-order valence-electron chi connectivity index (χ4n) is 1.28. The van der Waals surface area contributed by atoms with Crippen molar-refractivity contribution < 1.29 is 9.90 Å². The van der Waals surface area contributed by atoms with Gasteiger partial charge in [0.2, 0.25) is 5.91 Å². The minimum Gasteiger partial charge on any atom is -0.396 e. The summed E-state index contributed by atoms with van der Waals surface area (Å²) in [4.78, 5) is 22.6. The minimum atomic E-state index is -0.0917. The van der Waals surface area contributed by atoms with Crippen LogP contribution in [0.5, 0.6) is 0 Å². The molecule has 1 amide bonds. The Hall–Kier alpha value is -1.14. The molecule has 0 saturated heterocycles. The van der Waals surface area contributed by atoms with Crippen LogP contribution in [0.3, 0.4) is 0 Å². The zero-order chi connectivity index (χ0) is 12.0. The molecule has 5 nitrogen and oxygen atoms in total. The van der Waals surface area contributed by atoms with E-state index in [4.69, 9.17) is 5.11 Å². The third-order valence-electron chi connectivity index (χ3n) is 2.20. The van der Waals surface area contributed by atoms with Crippen molar-refractivity contribution in [1.29, 1.82) is 0 Å². The van der Waals surface area contributed by atoms with Crippen molar-refractivity contribution >= 4 is 17.2 Å². The van der Waals surface area contributed by atoms with Crippen LogP contribution in [0.15, 0.2) is 10.2 Å². The molecule has 0 aliphatic carbocycles. The first-order chi connectivity index (χ1) is 7.65. The summed E-state index contributed by atoms with van der Waals surface area (Å²) in [7, 11) is 0. The van der Waals surface area contributed by atoms with E-state index in [0.29, 0.717) is 25.9 Å². The molecule has 0 atom stereocenters. The SMILES string of the molecule is Cc1csc(=O)n1CCC(=O)NCCCO. The van der Waals surface area contributed by atoms with Gasteiger partial charge < -0.3 is 15.0 Å². The second kappa shape index (κ2) is 6.44. The van der Waals surface area contributed by atoms with Crippen molar-refractivity contribution in [3.05, 3.63) is 20.7 Å². The van der Waals surface area contributed by atoms with Crippen LogP contribution < -0.4 is 10.2 Å². The van der Waals surface area contributed by atoms with Crippen LogP contribution >= 0.6 is 11.3 Å². The zero-order valence-corrected chi connectivity index (χ0v) is 10.0. The Morgan fingerprint density at radius 3 is 2.94 bits per heavy atom. The van der Waals surface area contributed by atoms with Gasteiger partial charge in [0.25, 0.3) is 0 Å². The molecule has 2 N–H and O–H groups in total. The number of hydrogen-bond donors (Lipinski definition) is 2. The maximum Gasteiger partial charge on any atom is 0.307 e. The number of amides is 1. The minimum absolute atomic E-state index is 0.0272. The van der Waals surface area contributed by atoms with E-state index in [1.807, 2.05) is 6.92 Å². The van der Waals surface area contributed by atoms with Crippen LogP contribution in [-0.4, -0.2) is 28.7 Å². The number of nitrogens with zero attached hydrogens (tertiary/aromatic N) is 1. The average molecular weight is 244 g/mol. The van der Waals surface area contributed by atoms with Gasteiger partial charge in [-0.15, -0.1) is 0 Å². The fraction of sp³-hybridized carbons (Fsp3) is 0.600. The van der Waals surface area contributed by atoms with Gasteiger partial charge in [0.1, 0.15) is 0 Å². The predicted molar refractivity (Wildman–Crippen MR) is 62.6 cm³/mol. The van der Waals surface area contributed by atoms with Crippen LogP contribution in [0.2, 0.25) is 0 Å². The van der Waals surface area contributed by atoms with Crippen molar-refractivity contribution in [3.8, 4) is 0 Å². The van der Waals surface area contributed by atoms with Crippen molar-refractivity contribution in [3.63, 3.8) is 0 Å². The van der Waals surface area contributed by atoms with Crippen molar-refractivity contribution in [2.24, 2.45) is 0 Å². The molecule has 0 fully saturated rings. The highest BCUT2D eigenvalue weighted by Crippen LogP contribution is 2.00. The van der Waals surface area contributed by atoms with Gasteiger partial charge in [0, 0.05) is 37.2 Å². The standard InChI is InChI=1S/C10H16N2O3S/c1-8-7-16-10(15)12(8)5-3-9(14)11-4-2-6-13/h7,13H,2-6H2,1H3,(H,11,14). The number of carbonyl (C=O) groups excluding carboxylic acids is 1. The molecule has 0 saturated carbocycles. The Kier molecular flexibility index (Phi) is 5.21. The van der Waals surface area contributed by atoms with E-state index in [9.17, 15) is 9.59 Å². The van der Waals surface area contributed by atoms with Gasteiger partial charge in [-0.2, -0.15) is 0 Å². The summed E-state index contributed by atoms with van der Waals surface area (Å²) in [5, 5.41) is 13.0. The summed E-state index contributed by atoms with van der Waals surface area (Å²) in [6.07, 6.45) is 0.853. The number of aliphatic hydroxyl groups excluding tert-OH is 1. The van der Waals surface area contributed by atoms with Crippen molar-refractivity contribution in [1.82, 2.24) is 9.88 Å². The van der Waals surface area contributed by atoms with Crippen molar-refractivity contribution in [2.75, 3.05) is 13.2 Å². The normalized spacial score (nSPS) is 10.4. The summed E-state index contributed by atoms with van der Waals surface area (Å²) < 4.78 is 1.59. The maximum atomic E-state index is 11.3. The zero-order valence-electron chi connectivity index (χ0n) is 9.23. The lowest BCUT2D eigenvalue weighted by atomic mass is 10.3. The molecule has 0 bridgehead atoms. The summed E-state index contributed by atoms with van der Waals surface area (Å²) in [6, 6.07) is 0. The molecule has 0 aliphatic heterocycles. The molecule has 6 heteroatoms. The van der Waals surface area contributed by atoms with Gasteiger partial charge in [0.15, 0.2) is 0 Å². The largest absolute Gasteiger partial charge is 0.396 e. The highest BCUT2D eigenvalue weighted by Gasteiger charge is 2.05. The van der Waals surface area contributed by atoms with Crippen LogP contribution in [0.25, 0.3) is 0 Å². The topological polar surface area (TPSA) is 71.3 Å². The lowest BCUT2D eigenvalue weighted by Gasteiger charge is -2.05. The molecule has 0 radical (unpaired) electrons. The summed E-state index contributed by atoms with van der Waals surface area (Å²) >= 11 is 1.15. The first-order valence-corrected chi connectivity index (χ1v) is 6.05. The van der Waals surface area contributed by atoms with E-state index in [-0.39, 0.29) is 17.4 Å². The van der Waals surface area contributed by atoms with E-state index >= 15 is 0 Å². The Bertz CT molecular complexity index is 397. The molecule has 0 aromatic carbocycles. The maximum absolute atomic E-state index is 11.3. The van der Waals surface area contributed by atoms with E-state index in [2.05, 4.69) is 5.32 Å². The van der Waals surface area contributed by atoms with E-state index in [0.717, 1.165) is 17.0 Å². The Morgan fingerprint density at radius 1 is 1.62 bits per heavy atom. The molecule has 0 spiro atoms. The highest BCUT2D eigenvalue weighted by molar-refractivity contribution is 7.07. The van der Waals surface area contributed by atoms with Crippen LogP contribution in [0, 0.1) is 6.92 Å². The van der Waals surface area contributed by atoms with Gasteiger partial charge in [-0.25, -0.2) is 0 Å².